The molecule has 7 nitrogen and oxygen atoms in total. The molecule has 0 unspecified atom stereocenters. The van der Waals surface area contributed by atoms with Crippen LogP contribution in [0.5, 0.6) is 5.75 Å². The van der Waals surface area contributed by atoms with Crippen molar-refractivity contribution in [2.45, 2.75) is 19.1 Å². The van der Waals surface area contributed by atoms with Crippen LogP contribution in [0.2, 0.25) is 0 Å². The van der Waals surface area contributed by atoms with Crippen LogP contribution in [0.1, 0.15) is 22.3 Å². The molecule has 1 aliphatic heterocycles. The lowest BCUT2D eigenvalue weighted by Crippen LogP contribution is -2.43. The van der Waals surface area contributed by atoms with Gasteiger partial charge in [0.1, 0.15) is 18.4 Å². The van der Waals surface area contributed by atoms with Gasteiger partial charge in [0.05, 0.1) is 17.7 Å². The van der Waals surface area contributed by atoms with Crippen LogP contribution in [0.25, 0.3) is 0 Å². The minimum atomic E-state index is -0.964. The zero-order chi connectivity index (χ0) is 21.6. The van der Waals surface area contributed by atoms with Crippen molar-refractivity contribution in [3.63, 3.8) is 0 Å². The number of hydrogen-bond donors (Lipinski definition) is 3. The van der Waals surface area contributed by atoms with Gasteiger partial charge in [0.15, 0.2) is 0 Å². The van der Waals surface area contributed by atoms with Gasteiger partial charge in [-0.1, -0.05) is 42.5 Å². The molecule has 3 amide bonds. The molecular weight excluding hydrogens is 394 g/mol. The number of rotatable bonds is 6. The molecule has 0 radical (unpaired) electrons. The number of nitrogens with one attached hydrogen (secondary N) is 3. The highest BCUT2D eigenvalue weighted by Crippen LogP contribution is 2.20. The molecule has 1 heterocycles. The Morgan fingerprint density at radius 3 is 2.39 bits per heavy atom. The van der Waals surface area contributed by atoms with E-state index in [2.05, 4.69) is 16.0 Å². The second kappa shape index (κ2) is 9.13. The summed E-state index contributed by atoms with van der Waals surface area (Å²) in [4.78, 5) is 37.2. The monoisotopic (exact) mass is 415 g/mol. The van der Waals surface area contributed by atoms with Gasteiger partial charge < -0.3 is 20.7 Å². The van der Waals surface area contributed by atoms with Crippen molar-refractivity contribution in [1.82, 2.24) is 5.32 Å². The van der Waals surface area contributed by atoms with E-state index in [4.69, 9.17) is 4.74 Å². The normalized spacial score (nSPS) is 15.2. The molecule has 1 aliphatic rings. The van der Waals surface area contributed by atoms with Crippen molar-refractivity contribution >= 4 is 29.1 Å². The van der Waals surface area contributed by atoms with Crippen LogP contribution in [-0.2, 0) is 16.2 Å². The van der Waals surface area contributed by atoms with E-state index in [0.717, 1.165) is 5.56 Å². The van der Waals surface area contributed by atoms with Crippen LogP contribution in [0.4, 0.5) is 11.4 Å². The summed E-state index contributed by atoms with van der Waals surface area (Å²) >= 11 is 0. The van der Waals surface area contributed by atoms with Crippen molar-refractivity contribution in [2.24, 2.45) is 0 Å². The van der Waals surface area contributed by atoms with Crippen LogP contribution in [-0.4, -0.2) is 23.8 Å². The molecule has 0 aromatic heterocycles. The maximum absolute atomic E-state index is 12.4. The Balaban J connectivity index is 1.32. The number of hydrogen-bond acceptors (Lipinski definition) is 4. The number of carbonyl (C=O) groups excluding carboxylic acids is 3. The number of para-hydroxylation sites is 1. The molecule has 0 aliphatic carbocycles. The third-order valence-corrected chi connectivity index (χ3v) is 4.83. The summed E-state index contributed by atoms with van der Waals surface area (Å²) in [5.74, 6) is -0.538. The first-order chi connectivity index (χ1) is 15.1. The Morgan fingerprint density at radius 1 is 0.903 bits per heavy atom. The molecule has 156 valence electrons. The second-order valence-corrected chi connectivity index (χ2v) is 7.11. The van der Waals surface area contributed by atoms with Crippen molar-refractivity contribution in [1.29, 1.82) is 0 Å². The molecule has 3 aromatic carbocycles. The fourth-order valence-corrected chi connectivity index (χ4v) is 3.23. The van der Waals surface area contributed by atoms with Crippen LogP contribution >= 0.6 is 0 Å². The third kappa shape index (κ3) is 5.08. The Kier molecular flexibility index (Phi) is 5.93. The van der Waals surface area contributed by atoms with Crippen molar-refractivity contribution in [3.8, 4) is 5.75 Å². The summed E-state index contributed by atoms with van der Waals surface area (Å²) in [5.41, 5.74) is 2.43. The van der Waals surface area contributed by atoms with Gasteiger partial charge in [-0.05, 0) is 42.0 Å². The lowest BCUT2D eigenvalue weighted by Gasteiger charge is -2.14. The van der Waals surface area contributed by atoms with Gasteiger partial charge in [0, 0.05) is 5.69 Å². The maximum Gasteiger partial charge on any atom is 0.254 e. The predicted octanol–water partition coefficient (Wildman–Crippen LogP) is 3.34. The summed E-state index contributed by atoms with van der Waals surface area (Å²) in [7, 11) is 0. The van der Waals surface area contributed by atoms with E-state index in [1.54, 1.807) is 48.5 Å². The summed E-state index contributed by atoms with van der Waals surface area (Å²) in [6.07, 6.45) is -0.183. The summed E-state index contributed by atoms with van der Waals surface area (Å²) < 4.78 is 5.73. The van der Waals surface area contributed by atoms with E-state index in [1.165, 1.54) is 0 Å². The molecule has 3 aromatic rings. The van der Waals surface area contributed by atoms with Gasteiger partial charge in [-0.25, -0.2) is 0 Å². The highest BCUT2D eigenvalue weighted by Gasteiger charge is 2.29. The summed E-state index contributed by atoms with van der Waals surface area (Å²) in [6, 6.07) is 22.5. The van der Waals surface area contributed by atoms with E-state index in [1.807, 2.05) is 30.3 Å². The fourth-order valence-electron chi connectivity index (χ4n) is 3.23. The van der Waals surface area contributed by atoms with E-state index in [-0.39, 0.29) is 12.3 Å². The third-order valence-electron chi connectivity index (χ3n) is 4.83. The molecule has 0 saturated carbocycles. The van der Waals surface area contributed by atoms with Crippen molar-refractivity contribution in [2.75, 3.05) is 10.6 Å². The smallest absolute Gasteiger partial charge is 0.254 e. The SMILES string of the molecule is O=C(C[C@@H]1NC(=O)c2ccccc2NC1=O)Nc1ccc(OCc2ccccc2)cc1. The maximum atomic E-state index is 12.4. The Hall–Kier alpha value is -4.13. The number of benzene rings is 3. The molecule has 0 fully saturated rings. The van der Waals surface area contributed by atoms with E-state index in [9.17, 15) is 14.4 Å². The first-order valence-electron chi connectivity index (χ1n) is 9.86. The van der Waals surface area contributed by atoms with Crippen LogP contribution in [0.3, 0.4) is 0 Å². The highest BCUT2D eigenvalue weighted by molar-refractivity contribution is 6.11. The molecule has 31 heavy (non-hydrogen) atoms. The topological polar surface area (TPSA) is 96.5 Å². The van der Waals surface area contributed by atoms with E-state index in [0.29, 0.717) is 29.3 Å². The average Bonchev–Trinajstić information content (AvgIpc) is 2.90. The van der Waals surface area contributed by atoms with Gasteiger partial charge >= 0.3 is 0 Å². The van der Waals surface area contributed by atoms with E-state index >= 15 is 0 Å². The van der Waals surface area contributed by atoms with Crippen molar-refractivity contribution < 1.29 is 19.1 Å². The number of anilines is 2. The highest BCUT2D eigenvalue weighted by atomic mass is 16.5. The minimum Gasteiger partial charge on any atom is -0.489 e. The fraction of sp³-hybridized carbons (Fsp3) is 0.125. The van der Waals surface area contributed by atoms with Crippen LogP contribution in [0, 0.1) is 0 Å². The molecule has 1 atom stereocenters. The molecule has 0 bridgehead atoms. The zero-order valence-electron chi connectivity index (χ0n) is 16.6. The Bertz CT molecular complexity index is 1100. The lowest BCUT2D eigenvalue weighted by molar-refractivity contribution is -0.122. The number of fused-ring (bicyclic) bond motifs is 1. The van der Waals surface area contributed by atoms with Gasteiger partial charge in [-0.15, -0.1) is 0 Å². The number of amides is 3. The Labute approximate surface area is 179 Å². The van der Waals surface area contributed by atoms with Crippen LogP contribution < -0.4 is 20.7 Å². The van der Waals surface area contributed by atoms with Gasteiger partial charge in [-0.3, -0.25) is 14.4 Å². The summed E-state index contributed by atoms with van der Waals surface area (Å²) in [5, 5.41) is 8.04. The first kappa shape index (κ1) is 20.2. The molecular formula is C24H21N3O4. The largest absolute Gasteiger partial charge is 0.489 e. The quantitative estimate of drug-likeness (QED) is 0.575. The Morgan fingerprint density at radius 2 is 1.61 bits per heavy atom. The van der Waals surface area contributed by atoms with Gasteiger partial charge in [-0.2, -0.15) is 0 Å². The standard InChI is InChI=1S/C24H21N3O4/c28-22(14-21-24(30)26-20-9-5-4-8-19(20)23(29)27-21)25-17-10-12-18(13-11-17)31-15-16-6-2-1-3-7-16/h1-13,21H,14-15H2,(H,25,28)(H,26,30)(H,27,29)/t21-/m0/s1. The second-order valence-electron chi connectivity index (χ2n) is 7.11. The van der Waals surface area contributed by atoms with E-state index < -0.39 is 17.9 Å². The number of carbonyl (C=O) groups is 3. The molecule has 3 N–H and O–H groups in total. The van der Waals surface area contributed by atoms with Crippen LogP contribution in [0.15, 0.2) is 78.9 Å². The number of ether oxygens (including phenoxy) is 1. The lowest BCUT2D eigenvalue weighted by atomic mass is 10.1. The molecule has 4 rings (SSSR count). The summed E-state index contributed by atoms with van der Waals surface area (Å²) in [6.45, 7) is 0.450. The zero-order valence-corrected chi connectivity index (χ0v) is 16.6. The molecule has 0 spiro atoms. The van der Waals surface area contributed by atoms with Gasteiger partial charge in [0.25, 0.3) is 5.91 Å². The first-order valence-corrected chi connectivity index (χ1v) is 9.86. The average molecular weight is 415 g/mol. The molecule has 7 heteroatoms. The van der Waals surface area contributed by atoms with Crippen molar-refractivity contribution in [3.05, 3.63) is 90.0 Å². The van der Waals surface area contributed by atoms with Gasteiger partial charge in [0.2, 0.25) is 11.8 Å². The minimum absolute atomic E-state index is 0.183. The molecule has 0 saturated heterocycles. The predicted molar refractivity (Wildman–Crippen MR) is 117 cm³/mol.